The Morgan fingerprint density at radius 1 is 1.19 bits per heavy atom. The molecular weight excluding hydrogens is 198 g/mol. The molecule has 0 unspecified atom stereocenters. The van der Waals surface area contributed by atoms with Gasteiger partial charge in [-0.1, -0.05) is 18.2 Å². The van der Waals surface area contributed by atoms with Crippen LogP contribution in [0.2, 0.25) is 0 Å². The number of nitrogens with one attached hydrogen (secondary N) is 1. The molecule has 0 atom stereocenters. The van der Waals surface area contributed by atoms with Gasteiger partial charge in [-0.25, -0.2) is 9.97 Å². The topological polar surface area (TPSA) is 37.8 Å². The van der Waals surface area contributed by atoms with Crippen molar-refractivity contribution in [2.24, 2.45) is 0 Å². The largest absolute Gasteiger partial charge is 0.324 e. The van der Waals surface area contributed by atoms with Crippen LogP contribution in [-0.4, -0.2) is 9.97 Å². The molecule has 0 bridgehead atoms. The minimum atomic E-state index is 0.611. The summed E-state index contributed by atoms with van der Waals surface area (Å²) in [5.41, 5.74) is 2.01. The number of hydrogen-bond donors (Lipinski definition) is 1. The molecule has 3 heteroatoms. The number of aromatic nitrogens is 2. The van der Waals surface area contributed by atoms with Crippen LogP contribution in [0.15, 0.2) is 48.5 Å². The molecule has 1 aromatic heterocycles. The highest BCUT2D eigenvalue weighted by Gasteiger charge is 1.95. The van der Waals surface area contributed by atoms with Gasteiger partial charge in [0.05, 0.1) is 0 Å². The van der Waals surface area contributed by atoms with Gasteiger partial charge in [-0.3, -0.25) is 0 Å². The second-order valence-electron chi connectivity index (χ2n) is 3.36. The van der Waals surface area contributed by atoms with Gasteiger partial charge >= 0.3 is 0 Å². The van der Waals surface area contributed by atoms with E-state index in [1.165, 1.54) is 0 Å². The Morgan fingerprint density at radius 3 is 2.44 bits per heavy atom. The fraction of sp³-hybridized carbons (Fsp3) is 0.231. The molecule has 0 aliphatic rings. The summed E-state index contributed by atoms with van der Waals surface area (Å²) in [5.74, 6) is 0.611. The lowest BCUT2D eigenvalue weighted by Crippen LogP contribution is -2.01. The Bertz CT molecular complexity index is 400. The Morgan fingerprint density at radius 2 is 1.88 bits per heavy atom. The molecule has 0 radical (unpaired) electrons. The van der Waals surface area contributed by atoms with Gasteiger partial charge in [-0.2, -0.15) is 0 Å². The van der Waals surface area contributed by atoms with E-state index >= 15 is 0 Å². The van der Waals surface area contributed by atoms with E-state index in [-0.39, 0.29) is 0 Å². The first-order chi connectivity index (χ1) is 7.76. The molecule has 0 saturated carbocycles. The quantitative estimate of drug-likeness (QED) is 0.783. The van der Waals surface area contributed by atoms with Gasteiger partial charge in [0.1, 0.15) is 0 Å². The second kappa shape index (κ2) is 6.56. The lowest BCUT2D eigenvalue weighted by molar-refractivity contribution is 1.12. The molecule has 0 aliphatic heterocycles. The molecule has 0 aliphatic carbocycles. The van der Waals surface area contributed by atoms with E-state index in [1.54, 1.807) is 12.4 Å². The maximum atomic E-state index is 4.19. The third-order valence-corrected chi connectivity index (χ3v) is 1.85. The van der Waals surface area contributed by atoms with E-state index in [2.05, 4.69) is 15.3 Å². The van der Waals surface area contributed by atoms with E-state index in [0.29, 0.717) is 5.95 Å². The first-order valence-corrected chi connectivity index (χ1v) is 5.27. The monoisotopic (exact) mass is 215 g/mol. The number of nitrogens with zero attached hydrogens (tertiary/aromatic N) is 2. The smallest absolute Gasteiger partial charge is 0.227 e. The SMILES string of the molecule is C\C=C/C=C(\C=C/C)Nc1ncc(C)cn1. The van der Waals surface area contributed by atoms with Gasteiger partial charge in [-0.05, 0) is 38.5 Å². The Kier molecular flexibility index (Phi) is 4.99. The van der Waals surface area contributed by atoms with Gasteiger partial charge in [0.2, 0.25) is 5.95 Å². The number of anilines is 1. The number of allylic oxidation sites excluding steroid dienone is 5. The van der Waals surface area contributed by atoms with Crippen LogP contribution >= 0.6 is 0 Å². The fourth-order valence-corrected chi connectivity index (χ4v) is 1.10. The summed E-state index contributed by atoms with van der Waals surface area (Å²) >= 11 is 0. The van der Waals surface area contributed by atoms with Crippen molar-refractivity contribution in [3.05, 3.63) is 54.0 Å². The van der Waals surface area contributed by atoms with Gasteiger partial charge in [0.15, 0.2) is 0 Å². The Labute approximate surface area is 96.6 Å². The fourth-order valence-electron chi connectivity index (χ4n) is 1.10. The van der Waals surface area contributed by atoms with E-state index in [0.717, 1.165) is 11.3 Å². The maximum absolute atomic E-state index is 4.19. The zero-order chi connectivity index (χ0) is 11.8. The van der Waals surface area contributed by atoms with Crippen molar-refractivity contribution in [3.63, 3.8) is 0 Å². The zero-order valence-electron chi connectivity index (χ0n) is 9.94. The Hall–Kier alpha value is -1.90. The summed E-state index contributed by atoms with van der Waals surface area (Å²) in [7, 11) is 0. The Balaban J connectivity index is 2.79. The summed E-state index contributed by atoms with van der Waals surface area (Å²) in [4.78, 5) is 8.37. The van der Waals surface area contributed by atoms with Crippen molar-refractivity contribution in [1.82, 2.24) is 9.97 Å². The van der Waals surface area contributed by atoms with Gasteiger partial charge in [-0.15, -0.1) is 0 Å². The highest BCUT2D eigenvalue weighted by Crippen LogP contribution is 2.05. The average Bonchev–Trinajstić information content (AvgIpc) is 2.29. The van der Waals surface area contributed by atoms with Crippen molar-refractivity contribution < 1.29 is 0 Å². The predicted molar refractivity (Wildman–Crippen MR) is 68.1 cm³/mol. The third-order valence-electron chi connectivity index (χ3n) is 1.85. The van der Waals surface area contributed by atoms with Gasteiger partial charge in [0.25, 0.3) is 0 Å². The summed E-state index contributed by atoms with van der Waals surface area (Å²) in [6.07, 6.45) is 13.4. The highest BCUT2D eigenvalue weighted by molar-refractivity contribution is 5.41. The molecule has 1 heterocycles. The summed E-state index contributed by atoms with van der Waals surface area (Å²) in [6, 6.07) is 0. The number of hydrogen-bond acceptors (Lipinski definition) is 3. The van der Waals surface area contributed by atoms with E-state index in [1.807, 2.05) is 51.2 Å². The van der Waals surface area contributed by atoms with Crippen LogP contribution in [-0.2, 0) is 0 Å². The van der Waals surface area contributed by atoms with Crippen molar-refractivity contribution in [1.29, 1.82) is 0 Å². The molecule has 1 N–H and O–H groups in total. The van der Waals surface area contributed by atoms with Crippen molar-refractivity contribution >= 4 is 5.95 Å². The molecule has 0 fully saturated rings. The van der Waals surface area contributed by atoms with Crippen LogP contribution < -0.4 is 5.32 Å². The minimum absolute atomic E-state index is 0.611. The van der Waals surface area contributed by atoms with Gasteiger partial charge < -0.3 is 5.32 Å². The summed E-state index contributed by atoms with van der Waals surface area (Å²) < 4.78 is 0. The van der Waals surface area contributed by atoms with Crippen LogP contribution in [0.25, 0.3) is 0 Å². The standard InChI is InChI=1S/C13H17N3/c1-4-6-8-12(7-5-2)16-13-14-9-11(3)10-15-13/h4-10H,1-3H3,(H,14,15,16)/b6-4-,7-5-,12-8+. The molecule has 16 heavy (non-hydrogen) atoms. The van der Waals surface area contributed by atoms with E-state index in [9.17, 15) is 0 Å². The first-order valence-electron chi connectivity index (χ1n) is 5.27. The third kappa shape index (κ3) is 4.09. The van der Waals surface area contributed by atoms with Crippen LogP contribution in [0, 0.1) is 6.92 Å². The molecule has 0 spiro atoms. The summed E-state index contributed by atoms with van der Waals surface area (Å²) in [5, 5.41) is 3.14. The molecule has 1 rings (SSSR count). The molecule has 1 aromatic rings. The van der Waals surface area contributed by atoms with Crippen LogP contribution in [0.3, 0.4) is 0 Å². The lowest BCUT2D eigenvalue weighted by Gasteiger charge is -2.04. The van der Waals surface area contributed by atoms with Crippen molar-refractivity contribution in [3.8, 4) is 0 Å². The number of rotatable bonds is 4. The second-order valence-corrected chi connectivity index (χ2v) is 3.36. The number of aryl methyl sites for hydroxylation is 1. The normalized spacial score (nSPS) is 12.6. The lowest BCUT2D eigenvalue weighted by atomic mass is 10.3. The minimum Gasteiger partial charge on any atom is -0.324 e. The van der Waals surface area contributed by atoms with E-state index < -0.39 is 0 Å². The van der Waals surface area contributed by atoms with Gasteiger partial charge in [0, 0.05) is 18.1 Å². The molecule has 0 saturated heterocycles. The highest BCUT2D eigenvalue weighted by atomic mass is 15.1. The van der Waals surface area contributed by atoms with Crippen LogP contribution in [0.5, 0.6) is 0 Å². The maximum Gasteiger partial charge on any atom is 0.227 e. The molecule has 0 aromatic carbocycles. The molecular formula is C13H17N3. The average molecular weight is 215 g/mol. The first kappa shape index (κ1) is 12.2. The molecule has 3 nitrogen and oxygen atoms in total. The van der Waals surface area contributed by atoms with Crippen LogP contribution in [0.1, 0.15) is 19.4 Å². The predicted octanol–water partition coefficient (Wildman–Crippen LogP) is 3.23. The summed E-state index contributed by atoms with van der Waals surface area (Å²) in [6.45, 7) is 5.92. The van der Waals surface area contributed by atoms with E-state index in [4.69, 9.17) is 0 Å². The molecule has 0 amide bonds. The van der Waals surface area contributed by atoms with Crippen LogP contribution in [0.4, 0.5) is 5.95 Å². The molecule has 84 valence electrons. The zero-order valence-corrected chi connectivity index (χ0v) is 9.94. The van der Waals surface area contributed by atoms with Crippen molar-refractivity contribution in [2.75, 3.05) is 5.32 Å². The van der Waals surface area contributed by atoms with Crippen molar-refractivity contribution in [2.45, 2.75) is 20.8 Å².